The highest BCUT2D eigenvalue weighted by Crippen LogP contribution is 2.25. The maximum Gasteiger partial charge on any atom is 0.251 e. The summed E-state index contributed by atoms with van der Waals surface area (Å²) in [6, 6.07) is 15.6. The van der Waals surface area contributed by atoms with Crippen LogP contribution in [-0.4, -0.2) is 25.4 Å². The first kappa shape index (κ1) is 22.6. The molecule has 0 aromatic heterocycles. The maximum absolute atomic E-state index is 12.4. The Morgan fingerprint density at radius 1 is 0.897 bits per heavy atom. The summed E-state index contributed by atoms with van der Waals surface area (Å²) in [6.45, 7) is 8.94. The molecule has 0 aliphatic carbocycles. The number of hydrogen-bond acceptors (Lipinski definition) is 3. The van der Waals surface area contributed by atoms with Crippen LogP contribution in [0.5, 0.6) is 0 Å². The van der Waals surface area contributed by atoms with Crippen LogP contribution in [0.2, 0.25) is 0 Å². The molecule has 156 valence electrons. The Kier molecular flexibility index (Phi) is 8.40. The van der Waals surface area contributed by atoms with Crippen LogP contribution in [0, 0.1) is 5.92 Å². The first-order valence-corrected chi connectivity index (χ1v) is 10.3. The minimum absolute atomic E-state index is 0.0994. The van der Waals surface area contributed by atoms with Crippen LogP contribution in [0.25, 0.3) is 0 Å². The number of hydrogen-bond donors (Lipinski definition) is 3. The van der Waals surface area contributed by atoms with Gasteiger partial charge in [-0.05, 0) is 53.6 Å². The van der Waals surface area contributed by atoms with E-state index in [1.807, 2.05) is 0 Å². The van der Waals surface area contributed by atoms with Gasteiger partial charge in [0.15, 0.2) is 0 Å². The van der Waals surface area contributed by atoms with Crippen molar-refractivity contribution in [1.29, 1.82) is 0 Å². The summed E-state index contributed by atoms with van der Waals surface area (Å²) in [7, 11) is 1.59. The SMILES string of the molecule is CC[C@@H](C)c1ccc([C@H](NCC(=O)Nc2ccc(C(=O)NC)cc2)C(C)C)cc1. The van der Waals surface area contributed by atoms with E-state index in [1.165, 1.54) is 11.1 Å². The van der Waals surface area contributed by atoms with E-state index in [-0.39, 0.29) is 24.4 Å². The molecular weight excluding hydrogens is 362 g/mol. The lowest BCUT2D eigenvalue weighted by atomic mass is 9.92. The number of anilines is 1. The van der Waals surface area contributed by atoms with Crippen LogP contribution < -0.4 is 16.0 Å². The van der Waals surface area contributed by atoms with Gasteiger partial charge in [-0.25, -0.2) is 0 Å². The second-order valence-electron chi connectivity index (χ2n) is 7.78. The number of carbonyl (C=O) groups is 2. The normalized spacial score (nSPS) is 13.0. The zero-order chi connectivity index (χ0) is 21.4. The predicted octanol–water partition coefficient (Wildman–Crippen LogP) is 4.49. The lowest BCUT2D eigenvalue weighted by Crippen LogP contribution is -2.33. The van der Waals surface area contributed by atoms with Gasteiger partial charge in [-0.3, -0.25) is 9.59 Å². The van der Waals surface area contributed by atoms with Crippen LogP contribution in [-0.2, 0) is 4.79 Å². The van der Waals surface area contributed by atoms with Crippen molar-refractivity contribution in [2.75, 3.05) is 18.9 Å². The smallest absolute Gasteiger partial charge is 0.251 e. The number of benzene rings is 2. The minimum Gasteiger partial charge on any atom is -0.355 e. The zero-order valence-electron chi connectivity index (χ0n) is 18.1. The van der Waals surface area contributed by atoms with Crippen molar-refractivity contribution in [3.05, 3.63) is 65.2 Å². The van der Waals surface area contributed by atoms with Gasteiger partial charge in [0.1, 0.15) is 0 Å². The molecule has 2 rings (SSSR count). The van der Waals surface area contributed by atoms with Crippen molar-refractivity contribution >= 4 is 17.5 Å². The fourth-order valence-electron chi connectivity index (χ4n) is 3.26. The number of amides is 2. The van der Waals surface area contributed by atoms with Crippen LogP contribution in [0.3, 0.4) is 0 Å². The molecular formula is C24H33N3O2. The highest BCUT2D eigenvalue weighted by atomic mass is 16.2. The fraction of sp³-hybridized carbons (Fsp3) is 0.417. The van der Waals surface area contributed by atoms with Crippen molar-refractivity contribution in [1.82, 2.24) is 10.6 Å². The standard InChI is InChI=1S/C24H33N3O2/c1-6-17(4)18-7-9-19(10-8-18)23(16(2)3)26-15-22(28)27-21-13-11-20(12-14-21)24(29)25-5/h7-14,16-17,23,26H,6,15H2,1-5H3,(H,25,29)(H,27,28)/t17-,23-/m1/s1. The average Bonchev–Trinajstić information content (AvgIpc) is 2.73. The van der Waals surface area contributed by atoms with Gasteiger partial charge in [0.2, 0.25) is 5.91 Å². The Morgan fingerprint density at radius 2 is 1.48 bits per heavy atom. The van der Waals surface area contributed by atoms with Gasteiger partial charge in [0.05, 0.1) is 6.54 Å². The van der Waals surface area contributed by atoms with E-state index >= 15 is 0 Å². The maximum atomic E-state index is 12.4. The monoisotopic (exact) mass is 395 g/mol. The summed E-state index contributed by atoms with van der Waals surface area (Å²) in [5.74, 6) is 0.641. The third-order valence-electron chi connectivity index (χ3n) is 5.28. The van der Waals surface area contributed by atoms with Crippen molar-refractivity contribution in [3.63, 3.8) is 0 Å². The van der Waals surface area contributed by atoms with Crippen LogP contribution in [0.4, 0.5) is 5.69 Å². The summed E-state index contributed by atoms with van der Waals surface area (Å²) < 4.78 is 0. The van der Waals surface area contributed by atoms with Crippen LogP contribution >= 0.6 is 0 Å². The van der Waals surface area contributed by atoms with Crippen molar-refractivity contribution in [3.8, 4) is 0 Å². The molecule has 0 radical (unpaired) electrons. The second-order valence-corrected chi connectivity index (χ2v) is 7.78. The average molecular weight is 396 g/mol. The molecule has 0 aliphatic rings. The van der Waals surface area contributed by atoms with Crippen molar-refractivity contribution < 1.29 is 9.59 Å². The highest BCUT2D eigenvalue weighted by molar-refractivity contribution is 5.96. The molecule has 5 heteroatoms. The Balaban J connectivity index is 1.96. The molecule has 0 saturated heterocycles. The van der Waals surface area contributed by atoms with Gasteiger partial charge < -0.3 is 16.0 Å². The predicted molar refractivity (Wildman–Crippen MR) is 119 cm³/mol. The molecule has 2 aromatic rings. The first-order chi connectivity index (χ1) is 13.8. The molecule has 0 aliphatic heterocycles. The van der Waals surface area contributed by atoms with Gasteiger partial charge in [-0.2, -0.15) is 0 Å². The van der Waals surface area contributed by atoms with Crippen LogP contribution in [0.1, 0.15) is 67.6 Å². The Morgan fingerprint density at radius 3 is 2.00 bits per heavy atom. The van der Waals surface area contributed by atoms with E-state index in [0.29, 0.717) is 23.1 Å². The first-order valence-electron chi connectivity index (χ1n) is 10.3. The molecule has 0 spiro atoms. The van der Waals surface area contributed by atoms with E-state index in [9.17, 15) is 9.59 Å². The highest BCUT2D eigenvalue weighted by Gasteiger charge is 2.17. The lowest BCUT2D eigenvalue weighted by Gasteiger charge is -2.23. The molecule has 0 unspecified atom stereocenters. The third kappa shape index (κ3) is 6.43. The molecule has 5 nitrogen and oxygen atoms in total. The molecule has 2 aromatic carbocycles. The van der Waals surface area contributed by atoms with Gasteiger partial charge in [-0.1, -0.05) is 52.0 Å². The lowest BCUT2D eigenvalue weighted by molar-refractivity contribution is -0.115. The quantitative estimate of drug-likeness (QED) is 0.586. The van der Waals surface area contributed by atoms with E-state index in [1.54, 1.807) is 31.3 Å². The minimum atomic E-state index is -0.149. The van der Waals surface area contributed by atoms with Gasteiger partial charge in [0, 0.05) is 24.3 Å². The Labute approximate surface area is 174 Å². The van der Waals surface area contributed by atoms with Gasteiger partial charge in [-0.15, -0.1) is 0 Å². The summed E-state index contributed by atoms with van der Waals surface area (Å²) in [4.78, 5) is 24.0. The molecule has 0 heterocycles. The molecule has 0 saturated carbocycles. The summed E-state index contributed by atoms with van der Waals surface area (Å²) in [5, 5.41) is 8.83. The van der Waals surface area contributed by atoms with Crippen LogP contribution in [0.15, 0.2) is 48.5 Å². The number of nitrogens with one attached hydrogen (secondary N) is 3. The zero-order valence-corrected chi connectivity index (χ0v) is 18.1. The number of rotatable bonds is 9. The molecule has 2 atom stereocenters. The van der Waals surface area contributed by atoms with Gasteiger partial charge in [0.25, 0.3) is 5.91 Å². The van der Waals surface area contributed by atoms with E-state index in [2.05, 4.69) is 67.9 Å². The Hall–Kier alpha value is -2.66. The van der Waals surface area contributed by atoms with E-state index < -0.39 is 0 Å². The fourth-order valence-corrected chi connectivity index (χ4v) is 3.26. The van der Waals surface area contributed by atoms with Crippen molar-refractivity contribution in [2.45, 2.75) is 46.1 Å². The molecule has 0 fully saturated rings. The summed E-state index contributed by atoms with van der Waals surface area (Å²) >= 11 is 0. The van der Waals surface area contributed by atoms with Crippen molar-refractivity contribution in [2.24, 2.45) is 5.92 Å². The largest absolute Gasteiger partial charge is 0.355 e. The van der Waals surface area contributed by atoms with Gasteiger partial charge >= 0.3 is 0 Å². The van der Waals surface area contributed by atoms with E-state index in [0.717, 1.165) is 6.42 Å². The topological polar surface area (TPSA) is 70.2 Å². The van der Waals surface area contributed by atoms with E-state index in [4.69, 9.17) is 0 Å². The Bertz CT molecular complexity index is 798. The summed E-state index contributed by atoms with van der Waals surface area (Å²) in [6.07, 6.45) is 1.12. The summed E-state index contributed by atoms with van der Waals surface area (Å²) in [5.41, 5.74) is 3.76. The third-order valence-corrected chi connectivity index (χ3v) is 5.28. The molecule has 2 amide bonds. The number of carbonyl (C=O) groups excluding carboxylic acids is 2. The second kappa shape index (κ2) is 10.8. The molecule has 3 N–H and O–H groups in total. The molecule has 0 bridgehead atoms. The molecule has 29 heavy (non-hydrogen) atoms.